The highest BCUT2D eigenvalue weighted by Gasteiger charge is 2.20. The van der Waals surface area contributed by atoms with Crippen molar-refractivity contribution in [2.45, 2.75) is 26.4 Å². The second-order valence-electron chi connectivity index (χ2n) is 5.82. The van der Waals surface area contributed by atoms with Crippen LogP contribution in [-0.2, 0) is 6.54 Å². The largest absolute Gasteiger partial charge is 0.359 e. The lowest BCUT2D eigenvalue weighted by Gasteiger charge is -2.36. The number of piperazine rings is 1. The minimum Gasteiger partial charge on any atom is -0.359 e. The van der Waals surface area contributed by atoms with Gasteiger partial charge in [0.15, 0.2) is 5.76 Å². The van der Waals surface area contributed by atoms with Crippen LogP contribution < -0.4 is 0 Å². The first-order valence-corrected chi connectivity index (χ1v) is 7.55. The van der Waals surface area contributed by atoms with E-state index in [-0.39, 0.29) is 0 Å². The van der Waals surface area contributed by atoms with Crippen molar-refractivity contribution >= 4 is 0 Å². The number of aromatic nitrogens is 2. The van der Waals surface area contributed by atoms with E-state index in [0.29, 0.717) is 6.04 Å². The summed E-state index contributed by atoms with van der Waals surface area (Å²) in [5, 5.41) is 4.16. The minimum absolute atomic E-state index is 0.635. The van der Waals surface area contributed by atoms with Gasteiger partial charge in [-0.3, -0.25) is 14.8 Å². The summed E-state index contributed by atoms with van der Waals surface area (Å²) in [6.07, 6.45) is 3.55. The maximum atomic E-state index is 5.47. The number of hydrogen-bond acceptors (Lipinski definition) is 5. The molecule has 5 nitrogen and oxygen atoms in total. The quantitative estimate of drug-likeness (QED) is 0.862. The number of pyridine rings is 1. The van der Waals surface area contributed by atoms with Crippen LogP contribution in [0, 0.1) is 0 Å². The summed E-state index contributed by atoms with van der Waals surface area (Å²) in [5.41, 5.74) is 1.93. The van der Waals surface area contributed by atoms with E-state index in [1.165, 1.54) is 0 Å². The monoisotopic (exact) mass is 286 g/mol. The standard InChI is InChI=1S/C16H22N4O/c1-13(2)20-9-7-19(8-10-20)12-15-11-16(18-21-15)14-3-5-17-6-4-14/h3-6,11,13H,7-10,12H2,1-2H3. The first-order valence-electron chi connectivity index (χ1n) is 7.55. The summed E-state index contributed by atoms with van der Waals surface area (Å²) >= 11 is 0. The number of hydrogen-bond donors (Lipinski definition) is 0. The van der Waals surface area contributed by atoms with Crippen LogP contribution in [0.3, 0.4) is 0 Å². The molecule has 112 valence electrons. The van der Waals surface area contributed by atoms with Gasteiger partial charge in [0.25, 0.3) is 0 Å². The molecular formula is C16H22N4O. The second kappa shape index (κ2) is 6.37. The summed E-state index contributed by atoms with van der Waals surface area (Å²) in [5.74, 6) is 0.930. The Balaban J connectivity index is 1.59. The van der Waals surface area contributed by atoms with Gasteiger partial charge in [0, 0.05) is 56.2 Å². The zero-order chi connectivity index (χ0) is 14.7. The molecule has 0 radical (unpaired) electrons. The van der Waals surface area contributed by atoms with E-state index in [0.717, 1.165) is 49.7 Å². The molecular weight excluding hydrogens is 264 g/mol. The molecule has 0 aliphatic carbocycles. The highest BCUT2D eigenvalue weighted by atomic mass is 16.5. The third-order valence-corrected chi connectivity index (χ3v) is 4.05. The molecule has 0 N–H and O–H groups in total. The van der Waals surface area contributed by atoms with Crippen LogP contribution in [0.25, 0.3) is 11.3 Å². The average Bonchev–Trinajstić information content (AvgIpc) is 2.97. The molecule has 5 heteroatoms. The van der Waals surface area contributed by atoms with E-state index in [2.05, 4.69) is 33.8 Å². The Hall–Kier alpha value is -1.72. The lowest BCUT2D eigenvalue weighted by Crippen LogP contribution is -2.48. The van der Waals surface area contributed by atoms with Crippen molar-refractivity contribution < 1.29 is 4.52 Å². The predicted molar refractivity (Wildman–Crippen MR) is 81.7 cm³/mol. The van der Waals surface area contributed by atoms with Gasteiger partial charge >= 0.3 is 0 Å². The number of nitrogens with zero attached hydrogens (tertiary/aromatic N) is 4. The molecule has 1 saturated heterocycles. The molecule has 1 fully saturated rings. The van der Waals surface area contributed by atoms with Gasteiger partial charge in [-0.2, -0.15) is 0 Å². The van der Waals surface area contributed by atoms with Gasteiger partial charge in [0.05, 0.1) is 6.54 Å². The topological polar surface area (TPSA) is 45.4 Å². The number of rotatable bonds is 4. The smallest absolute Gasteiger partial charge is 0.151 e. The highest BCUT2D eigenvalue weighted by Crippen LogP contribution is 2.19. The molecule has 3 rings (SSSR count). The van der Waals surface area contributed by atoms with Crippen molar-refractivity contribution in [2.75, 3.05) is 26.2 Å². The van der Waals surface area contributed by atoms with E-state index in [1.807, 2.05) is 18.2 Å². The summed E-state index contributed by atoms with van der Waals surface area (Å²) in [7, 11) is 0. The van der Waals surface area contributed by atoms with Crippen molar-refractivity contribution in [3.63, 3.8) is 0 Å². The molecule has 1 aliphatic heterocycles. The van der Waals surface area contributed by atoms with E-state index < -0.39 is 0 Å². The third-order valence-electron chi connectivity index (χ3n) is 4.05. The summed E-state index contributed by atoms with van der Waals surface area (Å²) in [6, 6.07) is 6.56. The highest BCUT2D eigenvalue weighted by molar-refractivity contribution is 5.57. The van der Waals surface area contributed by atoms with E-state index in [9.17, 15) is 0 Å². The molecule has 0 spiro atoms. The molecule has 21 heavy (non-hydrogen) atoms. The first-order chi connectivity index (χ1) is 10.2. The van der Waals surface area contributed by atoms with Gasteiger partial charge in [0.1, 0.15) is 5.69 Å². The summed E-state index contributed by atoms with van der Waals surface area (Å²) in [6.45, 7) is 9.78. The van der Waals surface area contributed by atoms with Gasteiger partial charge in [0.2, 0.25) is 0 Å². The van der Waals surface area contributed by atoms with Crippen LogP contribution in [0.2, 0.25) is 0 Å². The van der Waals surface area contributed by atoms with Gasteiger partial charge in [-0.15, -0.1) is 0 Å². The molecule has 1 aliphatic rings. The van der Waals surface area contributed by atoms with Crippen LogP contribution in [0.1, 0.15) is 19.6 Å². The Bertz CT molecular complexity index is 559. The molecule has 2 aromatic heterocycles. The molecule has 0 saturated carbocycles. The fourth-order valence-electron chi connectivity index (χ4n) is 2.70. The maximum Gasteiger partial charge on any atom is 0.151 e. The minimum atomic E-state index is 0.635. The van der Waals surface area contributed by atoms with Crippen LogP contribution in [0.4, 0.5) is 0 Å². The van der Waals surface area contributed by atoms with Gasteiger partial charge in [-0.1, -0.05) is 5.16 Å². The SMILES string of the molecule is CC(C)N1CCN(Cc2cc(-c3ccncc3)no2)CC1. The van der Waals surface area contributed by atoms with E-state index in [4.69, 9.17) is 4.52 Å². The maximum absolute atomic E-state index is 5.47. The molecule has 0 bridgehead atoms. The average molecular weight is 286 g/mol. The van der Waals surface area contributed by atoms with Crippen LogP contribution >= 0.6 is 0 Å². The zero-order valence-corrected chi connectivity index (χ0v) is 12.7. The van der Waals surface area contributed by atoms with Crippen LogP contribution in [0.5, 0.6) is 0 Å². The first kappa shape index (κ1) is 14.2. The second-order valence-corrected chi connectivity index (χ2v) is 5.82. The molecule has 0 amide bonds. The normalized spacial score (nSPS) is 17.5. The molecule has 3 heterocycles. The third kappa shape index (κ3) is 3.49. The fourth-order valence-corrected chi connectivity index (χ4v) is 2.70. The van der Waals surface area contributed by atoms with Crippen molar-refractivity contribution in [3.05, 3.63) is 36.4 Å². The molecule has 0 atom stereocenters. The molecule has 0 aromatic carbocycles. The van der Waals surface area contributed by atoms with Gasteiger partial charge < -0.3 is 4.52 Å². The Labute approximate surface area is 125 Å². The Morgan fingerprint density at radius 2 is 1.86 bits per heavy atom. The summed E-state index contributed by atoms with van der Waals surface area (Å²) < 4.78 is 5.47. The Kier molecular flexibility index (Phi) is 4.31. The lowest BCUT2D eigenvalue weighted by molar-refractivity contribution is 0.0973. The van der Waals surface area contributed by atoms with Crippen molar-refractivity contribution in [1.82, 2.24) is 19.9 Å². The fraction of sp³-hybridized carbons (Fsp3) is 0.500. The predicted octanol–water partition coefficient (Wildman–Crippen LogP) is 2.26. The van der Waals surface area contributed by atoms with Crippen LogP contribution in [-0.4, -0.2) is 52.2 Å². The molecule has 0 unspecified atom stereocenters. The Morgan fingerprint density at radius 3 is 2.52 bits per heavy atom. The van der Waals surface area contributed by atoms with Crippen molar-refractivity contribution in [3.8, 4) is 11.3 Å². The van der Waals surface area contributed by atoms with Crippen LogP contribution in [0.15, 0.2) is 35.1 Å². The van der Waals surface area contributed by atoms with Crippen molar-refractivity contribution in [1.29, 1.82) is 0 Å². The van der Waals surface area contributed by atoms with E-state index in [1.54, 1.807) is 12.4 Å². The van der Waals surface area contributed by atoms with Gasteiger partial charge in [-0.05, 0) is 26.0 Å². The van der Waals surface area contributed by atoms with Gasteiger partial charge in [-0.25, -0.2) is 0 Å². The lowest BCUT2D eigenvalue weighted by atomic mass is 10.2. The molecule has 2 aromatic rings. The Morgan fingerprint density at radius 1 is 1.14 bits per heavy atom. The van der Waals surface area contributed by atoms with E-state index >= 15 is 0 Å². The van der Waals surface area contributed by atoms with Crippen molar-refractivity contribution in [2.24, 2.45) is 0 Å². The zero-order valence-electron chi connectivity index (χ0n) is 12.7. The summed E-state index contributed by atoms with van der Waals surface area (Å²) in [4.78, 5) is 8.96.